The van der Waals surface area contributed by atoms with Gasteiger partial charge >= 0.3 is 0 Å². The van der Waals surface area contributed by atoms with Crippen molar-refractivity contribution in [2.45, 2.75) is 26.2 Å². The molecule has 136 valence electrons. The Labute approximate surface area is 152 Å². The Hall–Kier alpha value is -2.96. The van der Waals surface area contributed by atoms with Crippen LogP contribution in [0, 0.1) is 15.5 Å². The van der Waals surface area contributed by atoms with Gasteiger partial charge in [0.1, 0.15) is 12.0 Å². The first-order valence-electron chi connectivity index (χ1n) is 8.61. The van der Waals surface area contributed by atoms with Crippen LogP contribution >= 0.6 is 0 Å². The molecular formula is C19H22N4O3. The average molecular weight is 354 g/mol. The SMILES string of the molecule is C[C@]1(CCc2ccccc2)CCN(c2ncc([N+](=O)[O-])cc2C(N)=O)C1. The Balaban J connectivity index is 1.75. The number of rotatable bonds is 6. The molecule has 2 aromatic rings. The summed E-state index contributed by atoms with van der Waals surface area (Å²) in [7, 11) is 0. The van der Waals surface area contributed by atoms with E-state index in [1.54, 1.807) is 0 Å². The summed E-state index contributed by atoms with van der Waals surface area (Å²) in [5, 5.41) is 10.9. The molecule has 7 nitrogen and oxygen atoms in total. The van der Waals surface area contributed by atoms with Gasteiger partial charge in [-0.2, -0.15) is 0 Å². The topological polar surface area (TPSA) is 102 Å². The van der Waals surface area contributed by atoms with E-state index < -0.39 is 10.8 Å². The summed E-state index contributed by atoms with van der Waals surface area (Å²) >= 11 is 0. The lowest BCUT2D eigenvalue weighted by atomic mass is 9.83. The third-order valence-corrected chi connectivity index (χ3v) is 5.05. The fourth-order valence-corrected chi connectivity index (χ4v) is 3.48. The number of benzene rings is 1. The summed E-state index contributed by atoms with van der Waals surface area (Å²) in [6, 6.07) is 11.5. The van der Waals surface area contributed by atoms with Crippen molar-refractivity contribution in [3.8, 4) is 0 Å². The maximum atomic E-state index is 11.8. The molecule has 1 saturated heterocycles. The van der Waals surface area contributed by atoms with Gasteiger partial charge in [-0.1, -0.05) is 37.3 Å². The number of carbonyl (C=O) groups excluding carboxylic acids is 1. The van der Waals surface area contributed by atoms with Gasteiger partial charge in [0.15, 0.2) is 0 Å². The van der Waals surface area contributed by atoms with E-state index in [1.807, 2.05) is 23.1 Å². The van der Waals surface area contributed by atoms with Crippen molar-refractivity contribution in [2.24, 2.45) is 11.1 Å². The Morgan fingerprint density at radius 2 is 2.12 bits per heavy atom. The van der Waals surface area contributed by atoms with Gasteiger partial charge in [-0.05, 0) is 30.2 Å². The largest absolute Gasteiger partial charge is 0.365 e. The van der Waals surface area contributed by atoms with E-state index in [-0.39, 0.29) is 16.7 Å². The van der Waals surface area contributed by atoms with Gasteiger partial charge in [-0.3, -0.25) is 14.9 Å². The van der Waals surface area contributed by atoms with Crippen molar-refractivity contribution in [3.05, 3.63) is 63.8 Å². The molecule has 0 saturated carbocycles. The van der Waals surface area contributed by atoms with E-state index in [4.69, 9.17) is 5.73 Å². The number of amides is 1. The highest BCUT2D eigenvalue weighted by atomic mass is 16.6. The van der Waals surface area contributed by atoms with Crippen LogP contribution in [0.2, 0.25) is 0 Å². The molecule has 1 aliphatic heterocycles. The molecule has 26 heavy (non-hydrogen) atoms. The molecule has 0 radical (unpaired) electrons. The average Bonchev–Trinajstić information content (AvgIpc) is 3.03. The lowest BCUT2D eigenvalue weighted by Crippen LogP contribution is -2.28. The van der Waals surface area contributed by atoms with Gasteiger partial charge < -0.3 is 10.6 Å². The van der Waals surface area contributed by atoms with Crippen LogP contribution in [0.3, 0.4) is 0 Å². The number of aromatic nitrogens is 1. The summed E-state index contributed by atoms with van der Waals surface area (Å²) in [5.41, 5.74) is 6.70. The number of hydrogen-bond donors (Lipinski definition) is 1. The number of carbonyl (C=O) groups is 1. The molecule has 7 heteroatoms. The van der Waals surface area contributed by atoms with Crippen molar-refractivity contribution in [1.29, 1.82) is 0 Å². The molecular weight excluding hydrogens is 332 g/mol. The molecule has 3 rings (SSSR count). The van der Waals surface area contributed by atoms with Crippen LogP contribution in [0.25, 0.3) is 0 Å². The predicted octanol–water partition coefficient (Wildman–Crippen LogP) is 2.94. The third kappa shape index (κ3) is 3.82. The number of aryl methyl sites for hydroxylation is 1. The van der Waals surface area contributed by atoms with E-state index >= 15 is 0 Å². The van der Waals surface area contributed by atoms with E-state index in [0.717, 1.165) is 32.4 Å². The van der Waals surface area contributed by atoms with Gasteiger partial charge in [0, 0.05) is 19.2 Å². The minimum absolute atomic E-state index is 0.0915. The van der Waals surface area contributed by atoms with Gasteiger partial charge in [0.25, 0.3) is 11.6 Å². The first-order chi connectivity index (χ1) is 12.4. The van der Waals surface area contributed by atoms with E-state index in [2.05, 4.69) is 24.0 Å². The second kappa shape index (κ2) is 7.11. The molecule has 2 heterocycles. The summed E-state index contributed by atoms with van der Waals surface area (Å²) in [4.78, 5) is 28.3. The fourth-order valence-electron chi connectivity index (χ4n) is 3.48. The molecule has 0 unspecified atom stereocenters. The second-order valence-corrected chi connectivity index (χ2v) is 7.15. The number of primary amides is 1. The Morgan fingerprint density at radius 3 is 2.77 bits per heavy atom. The monoisotopic (exact) mass is 354 g/mol. The van der Waals surface area contributed by atoms with Crippen molar-refractivity contribution in [3.63, 3.8) is 0 Å². The zero-order valence-electron chi connectivity index (χ0n) is 14.7. The molecule has 2 N–H and O–H groups in total. The summed E-state index contributed by atoms with van der Waals surface area (Å²) in [5.74, 6) is -0.263. The maximum Gasteiger partial charge on any atom is 0.288 e. The third-order valence-electron chi connectivity index (χ3n) is 5.05. The summed E-state index contributed by atoms with van der Waals surface area (Å²) in [6.45, 7) is 3.71. The molecule has 0 bridgehead atoms. The Kier molecular flexibility index (Phi) is 4.88. The minimum atomic E-state index is -0.700. The zero-order chi connectivity index (χ0) is 18.7. The normalized spacial score (nSPS) is 19.5. The van der Waals surface area contributed by atoms with Crippen LogP contribution in [0.1, 0.15) is 35.7 Å². The van der Waals surface area contributed by atoms with Crippen molar-refractivity contribution < 1.29 is 9.72 Å². The van der Waals surface area contributed by atoms with Crippen molar-refractivity contribution in [2.75, 3.05) is 18.0 Å². The minimum Gasteiger partial charge on any atom is -0.365 e. The van der Waals surface area contributed by atoms with Gasteiger partial charge in [0.2, 0.25) is 0 Å². The Morgan fingerprint density at radius 1 is 1.38 bits per heavy atom. The molecule has 0 aliphatic carbocycles. The number of nitrogens with two attached hydrogens (primary N) is 1. The van der Waals surface area contributed by atoms with Crippen LogP contribution in [0.5, 0.6) is 0 Å². The first kappa shape index (κ1) is 17.8. The molecule has 1 atom stereocenters. The van der Waals surface area contributed by atoms with E-state index in [9.17, 15) is 14.9 Å². The molecule has 1 amide bonds. The highest BCUT2D eigenvalue weighted by Gasteiger charge is 2.35. The van der Waals surface area contributed by atoms with Crippen LogP contribution in [-0.2, 0) is 6.42 Å². The van der Waals surface area contributed by atoms with Crippen molar-refractivity contribution in [1.82, 2.24) is 4.98 Å². The molecule has 1 fully saturated rings. The number of nitro groups is 1. The highest BCUT2D eigenvalue weighted by Crippen LogP contribution is 2.37. The van der Waals surface area contributed by atoms with Crippen LogP contribution in [0.15, 0.2) is 42.6 Å². The number of nitrogens with zero attached hydrogens (tertiary/aromatic N) is 3. The number of anilines is 1. The molecule has 1 aliphatic rings. The van der Waals surface area contributed by atoms with Gasteiger partial charge in [-0.25, -0.2) is 4.98 Å². The van der Waals surface area contributed by atoms with Crippen LogP contribution in [0.4, 0.5) is 11.5 Å². The van der Waals surface area contributed by atoms with Gasteiger partial charge in [-0.15, -0.1) is 0 Å². The zero-order valence-corrected chi connectivity index (χ0v) is 14.7. The molecule has 1 aromatic carbocycles. The van der Waals surface area contributed by atoms with Crippen molar-refractivity contribution >= 4 is 17.4 Å². The summed E-state index contributed by atoms with van der Waals surface area (Å²) in [6.07, 6.45) is 4.16. The predicted molar refractivity (Wildman–Crippen MR) is 99.1 cm³/mol. The van der Waals surface area contributed by atoms with Crippen LogP contribution in [-0.4, -0.2) is 28.9 Å². The summed E-state index contributed by atoms with van der Waals surface area (Å²) < 4.78 is 0. The second-order valence-electron chi connectivity index (χ2n) is 7.15. The smallest absolute Gasteiger partial charge is 0.288 e. The molecule has 0 spiro atoms. The van der Waals surface area contributed by atoms with E-state index in [0.29, 0.717) is 5.82 Å². The van der Waals surface area contributed by atoms with Gasteiger partial charge in [0.05, 0.1) is 10.5 Å². The Bertz CT molecular complexity index is 825. The van der Waals surface area contributed by atoms with E-state index in [1.165, 1.54) is 17.8 Å². The lowest BCUT2D eigenvalue weighted by Gasteiger charge is -2.25. The molecule has 1 aromatic heterocycles. The lowest BCUT2D eigenvalue weighted by molar-refractivity contribution is -0.385. The fraction of sp³-hybridized carbons (Fsp3) is 0.368. The quantitative estimate of drug-likeness (QED) is 0.635. The number of hydrogen-bond acceptors (Lipinski definition) is 5. The first-order valence-corrected chi connectivity index (χ1v) is 8.61. The number of pyridine rings is 1. The maximum absolute atomic E-state index is 11.8. The highest BCUT2D eigenvalue weighted by molar-refractivity contribution is 5.98. The standard InChI is InChI=1S/C19H22N4O3/c1-19(8-7-14-5-3-2-4-6-14)9-10-22(13-19)18-16(17(20)24)11-15(12-21-18)23(25)26/h2-6,11-12H,7-10,13H2,1H3,(H2,20,24)/t19-/m0/s1. The van der Waals surface area contributed by atoms with Crippen LogP contribution < -0.4 is 10.6 Å².